The van der Waals surface area contributed by atoms with Gasteiger partial charge in [0.05, 0.1) is 12.7 Å². The van der Waals surface area contributed by atoms with Gasteiger partial charge < -0.3 is 20.5 Å². The normalized spacial score (nSPS) is 12.4. The Labute approximate surface area is 120 Å². The van der Waals surface area contributed by atoms with Gasteiger partial charge in [-0.2, -0.15) is 0 Å². The van der Waals surface area contributed by atoms with E-state index in [1.807, 2.05) is 18.2 Å². The van der Waals surface area contributed by atoms with Gasteiger partial charge in [0.15, 0.2) is 17.2 Å². The third kappa shape index (κ3) is 2.79. The minimum atomic E-state index is -0.296. The maximum Gasteiger partial charge on any atom is 0.273 e. The van der Waals surface area contributed by atoms with E-state index in [2.05, 4.69) is 15.6 Å². The van der Waals surface area contributed by atoms with E-state index >= 15 is 0 Å². The quantitative estimate of drug-likeness (QED) is 0.796. The van der Waals surface area contributed by atoms with Crippen molar-refractivity contribution in [3.8, 4) is 11.5 Å². The van der Waals surface area contributed by atoms with Gasteiger partial charge in [0.1, 0.15) is 0 Å². The van der Waals surface area contributed by atoms with Crippen LogP contribution in [0.3, 0.4) is 0 Å². The first kappa shape index (κ1) is 13.4. The van der Waals surface area contributed by atoms with Crippen LogP contribution >= 0.6 is 0 Å². The van der Waals surface area contributed by atoms with E-state index in [1.54, 1.807) is 6.20 Å². The molecule has 3 N–H and O–H groups in total. The monoisotopic (exact) mass is 289 g/mol. The molecule has 0 aliphatic carbocycles. The Morgan fingerprint density at radius 2 is 2.33 bits per heavy atom. The molecule has 1 aromatic carbocycles. The topological polar surface area (TPSA) is 104 Å². The van der Waals surface area contributed by atoms with Crippen LogP contribution in [-0.4, -0.2) is 34.2 Å². The molecule has 2 heterocycles. The van der Waals surface area contributed by atoms with Crippen molar-refractivity contribution in [3.05, 3.63) is 35.7 Å². The highest BCUT2D eigenvalue weighted by Gasteiger charge is 2.18. The van der Waals surface area contributed by atoms with Crippen molar-refractivity contribution in [2.24, 2.45) is 5.73 Å². The fraction of sp³-hybridized carbons (Fsp3) is 0.308. The van der Waals surface area contributed by atoms with Crippen molar-refractivity contribution < 1.29 is 14.3 Å². The molecule has 8 nitrogen and oxygen atoms in total. The lowest BCUT2D eigenvalue weighted by Crippen LogP contribution is -2.23. The molecule has 0 fully saturated rings. The van der Waals surface area contributed by atoms with E-state index in [4.69, 9.17) is 15.2 Å². The summed E-state index contributed by atoms with van der Waals surface area (Å²) in [7, 11) is 0. The van der Waals surface area contributed by atoms with Crippen LogP contribution in [0.1, 0.15) is 16.1 Å². The summed E-state index contributed by atoms with van der Waals surface area (Å²) < 4.78 is 12.2. The molecular weight excluding hydrogens is 274 g/mol. The Bertz CT molecular complexity index is 655. The summed E-state index contributed by atoms with van der Waals surface area (Å²) in [6.07, 6.45) is 1.57. The number of amides is 1. The molecule has 0 saturated heterocycles. The van der Waals surface area contributed by atoms with Crippen molar-refractivity contribution in [1.29, 1.82) is 0 Å². The zero-order valence-electron chi connectivity index (χ0n) is 11.3. The second-order valence-electron chi connectivity index (χ2n) is 4.49. The van der Waals surface area contributed by atoms with E-state index in [1.165, 1.54) is 4.68 Å². The summed E-state index contributed by atoms with van der Waals surface area (Å²) in [4.78, 5) is 12.0. The molecular formula is C13H15N5O3. The molecule has 1 aromatic heterocycles. The lowest BCUT2D eigenvalue weighted by atomic mass is 10.2. The van der Waals surface area contributed by atoms with E-state index < -0.39 is 0 Å². The van der Waals surface area contributed by atoms with Crippen molar-refractivity contribution in [2.45, 2.75) is 13.1 Å². The highest BCUT2D eigenvalue weighted by molar-refractivity contribution is 5.91. The number of para-hydroxylation sites is 1. The van der Waals surface area contributed by atoms with Gasteiger partial charge in [0, 0.05) is 18.7 Å². The second-order valence-corrected chi connectivity index (χ2v) is 4.49. The maximum atomic E-state index is 12.0. The van der Waals surface area contributed by atoms with Gasteiger partial charge in [-0.15, -0.1) is 5.10 Å². The van der Waals surface area contributed by atoms with Crippen molar-refractivity contribution in [3.63, 3.8) is 0 Å². The number of benzene rings is 1. The number of nitrogens with one attached hydrogen (secondary N) is 1. The van der Waals surface area contributed by atoms with Crippen molar-refractivity contribution in [2.75, 3.05) is 13.3 Å². The first-order chi connectivity index (χ1) is 10.3. The molecule has 21 heavy (non-hydrogen) atoms. The molecule has 1 amide bonds. The van der Waals surface area contributed by atoms with Gasteiger partial charge in [-0.25, -0.2) is 0 Å². The van der Waals surface area contributed by atoms with Crippen LogP contribution in [0, 0.1) is 0 Å². The second kappa shape index (κ2) is 5.80. The molecule has 1 aliphatic heterocycles. The molecule has 0 bridgehead atoms. The zero-order chi connectivity index (χ0) is 14.7. The molecule has 0 saturated carbocycles. The lowest BCUT2D eigenvalue weighted by Gasteiger charge is -2.06. The van der Waals surface area contributed by atoms with Gasteiger partial charge in [0.2, 0.25) is 6.79 Å². The van der Waals surface area contributed by atoms with Crippen LogP contribution in [0.25, 0.3) is 0 Å². The smallest absolute Gasteiger partial charge is 0.273 e. The molecule has 110 valence electrons. The Kier molecular flexibility index (Phi) is 3.69. The van der Waals surface area contributed by atoms with Crippen LogP contribution < -0.4 is 20.5 Å². The van der Waals surface area contributed by atoms with Gasteiger partial charge in [-0.1, -0.05) is 17.3 Å². The first-order valence-corrected chi connectivity index (χ1v) is 6.54. The number of carbonyl (C=O) groups excluding carboxylic acids is 1. The lowest BCUT2D eigenvalue weighted by molar-refractivity contribution is 0.0945. The molecule has 1 aliphatic rings. The Morgan fingerprint density at radius 3 is 3.19 bits per heavy atom. The van der Waals surface area contributed by atoms with E-state index in [0.29, 0.717) is 31.1 Å². The number of aromatic nitrogens is 3. The van der Waals surface area contributed by atoms with Crippen LogP contribution in [0.15, 0.2) is 24.4 Å². The van der Waals surface area contributed by atoms with E-state index in [0.717, 1.165) is 5.56 Å². The number of nitrogens with zero attached hydrogens (tertiary/aromatic N) is 3. The average molecular weight is 289 g/mol. The Hall–Kier alpha value is -2.61. The van der Waals surface area contributed by atoms with E-state index in [9.17, 15) is 4.79 Å². The highest BCUT2D eigenvalue weighted by Crippen LogP contribution is 2.35. The third-order valence-electron chi connectivity index (χ3n) is 3.05. The maximum absolute atomic E-state index is 12.0. The number of ether oxygens (including phenoxy) is 2. The SMILES string of the molecule is NCCn1cc(C(=O)NCc2cccc3c2OCO3)nn1. The summed E-state index contributed by atoms with van der Waals surface area (Å²) in [5.41, 5.74) is 6.53. The van der Waals surface area contributed by atoms with Crippen LogP contribution in [0.4, 0.5) is 0 Å². The molecule has 0 spiro atoms. The number of hydrogen-bond acceptors (Lipinski definition) is 6. The first-order valence-electron chi connectivity index (χ1n) is 6.54. The molecule has 3 rings (SSSR count). The van der Waals surface area contributed by atoms with Crippen molar-refractivity contribution in [1.82, 2.24) is 20.3 Å². The molecule has 2 aromatic rings. The van der Waals surface area contributed by atoms with Gasteiger partial charge >= 0.3 is 0 Å². The summed E-state index contributed by atoms with van der Waals surface area (Å²) in [5.74, 6) is 1.06. The minimum Gasteiger partial charge on any atom is -0.454 e. The number of rotatable bonds is 5. The third-order valence-corrected chi connectivity index (χ3v) is 3.05. The fourth-order valence-electron chi connectivity index (χ4n) is 2.04. The zero-order valence-corrected chi connectivity index (χ0v) is 11.3. The predicted molar refractivity (Wildman–Crippen MR) is 72.8 cm³/mol. The Morgan fingerprint density at radius 1 is 1.43 bits per heavy atom. The van der Waals surface area contributed by atoms with E-state index in [-0.39, 0.29) is 18.4 Å². The molecule has 8 heteroatoms. The average Bonchev–Trinajstić information content (AvgIpc) is 3.13. The minimum absolute atomic E-state index is 0.202. The largest absolute Gasteiger partial charge is 0.454 e. The summed E-state index contributed by atoms with van der Waals surface area (Å²) in [6.45, 7) is 1.50. The Balaban J connectivity index is 1.64. The summed E-state index contributed by atoms with van der Waals surface area (Å²) in [5, 5.41) is 10.4. The number of fused-ring (bicyclic) bond motifs is 1. The van der Waals surface area contributed by atoms with Gasteiger partial charge in [-0.3, -0.25) is 9.48 Å². The highest BCUT2D eigenvalue weighted by atomic mass is 16.7. The fourth-order valence-corrected chi connectivity index (χ4v) is 2.04. The number of nitrogens with two attached hydrogens (primary N) is 1. The molecule has 0 unspecified atom stereocenters. The predicted octanol–water partition coefficient (Wildman–Crippen LogP) is -0.105. The number of hydrogen-bond donors (Lipinski definition) is 2. The van der Waals surface area contributed by atoms with Crippen molar-refractivity contribution >= 4 is 5.91 Å². The van der Waals surface area contributed by atoms with Crippen LogP contribution in [0.2, 0.25) is 0 Å². The summed E-state index contributed by atoms with van der Waals surface area (Å²) in [6, 6.07) is 5.55. The van der Waals surface area contributed by atoms with Crippen LogP contribution in [0.5, 0.6) is 11.5 Å². The van der Waals surface area contributed by atoms with Gasteiger partial charge in [0.25, 0.3) is 5.91 Å². The number of carbonyl (C=O) groups is 1. The molecule has 0 radical (unpaired) electrons. The molecule has 0 atom stereocenters. The standard InChI is InChI=1S/C13H15N5O3/c14-4-5-18-7-10(16-17-18)13(19)15-6-9-2-1-3-11-12(9)21-8-20-11/h1-3,7H,4-6,8,14H2,(H,15,19). The van der Waals surface area contributed by atoms with Crippen LogP contribution in [-0.2, 0) is 13.1 Å². The van der Waals surface area contributed by atoms with Gasteiger partial charge in [-0.05, 0) is 6.07 Å². The summed E-state index contributed by atoms with van der Waals surface area (Å²) >= 11 is 0.